The SMILES string of the molecule is CCCCCCC/C=C\C/C=C\CCCCCCCCCCCCCCCC(=O)OC(COC(=O)CCCCCCCCCC)COC(=O)CCCCCCCCCCCCCCCCCCC/C=C\CCCCCCCCCC. The van der Waals surface area contributed by atoms with Gasteiger partial charge in [-0.05, 0) is 77.0 Å². The second-order valence-corrected chi connectivity index (χ2v) is 24.5. The maximum atomic E-state index is 12.9. The lowest BCUT2D eigenvalue weighted by Gasteiger charge is -2.18. The number of unbranched alkanes of at least 4 members (excludes halogenated alkanes) is 50. The van der Waals surface area contributed by atoms with E-state index in [4.69, 9.17) is 14.2 Å². The van der Waals surface area contributed by atoms with E-state index in [0.717, 1.165) is 64.2 Å². The molecule has 0 bridgehead atoms. The smallest absolute Gasteiger partial charge is 0.306 e. The van der Waals surface area contributed by atoms with Gasteiger partial charge in [-0.2, -0.15) is 0 Å². The van der Waals surface area contributed by atoms with Crippen molar-refractivity contribution in [1.29, 1.82) is 0 Å². The van der Waals surface area contributed by atoms with E-state index in [1.807, 2.05) is 0 Å². The number of esters is 3. The lowest BCUT2D eigenvalue weighted by Crippen LogP contribution is -2.30. The molecule has 0 heterocycles. The van der Waals surface area contributed by atoms with Crippen molar-refractivity contribution in [3.8, 4) is 0 Å². The number of hydrogen-bond acceptors (Lipinski definition) is 6. The highest BCUT2D eigenvalue weighted by Crippen LogP contribution is 2.18. The van der Waals surface area contributed by atoms with Crippen molar-refractivity contribution >= 4 is 17.9 Å². The standard InChI is InChI=1S/C74H138O6/c1-4-7-10-13-16-19-21-23-25-27-29-31-33-35-36-37-38-40-41-43-45-47-49-51-53-55-58-61-64-67-73(76)79-70-71(69-78-72(75)66-63-60-57-18-15-12-9-6-3)80-74(77)68-65-62-59-56-54-52-50-48-46-44-42-39-34-32-30-28-26-24-22-20-17-14-11-8-5-2/h22,24,27-30,71H,4-21,23,25-26,31-70H2,1-3H3/b24-22-,29-27-,30-28-. The third kappa shape index (κ3) is 66.4. The van der Waals surface area contributed by atoms with Gasteiger partial charge in [-0.3, -0.25) is 14.4 Å². The first-order chi connectivity index (χ1) is 39.5. The van der Waals surface area contributed by atoms with E-state index in [-0.39, 0.29) is 31.1 Å². The summed E-state index contributed by atoms with van der Waals surface area (Å²) in [4.78, 5) is 38.3. The molecule has 0 saturated heterocycles. The predicted molar refractivity (Wildman–Crippen MR) is 349 cm³/mol. The van der Waals surface area contributed by atoms with Crippen LogP contribution in [0.3, 0.4) is 0 Å². The van der Waals surface area contributed by atoms with Crippen LogP contribution in [0.2, 0.25) is 0 Å². The molecule has 0 radical (unpaired) electrons. The Morgan fingerprint density at radius 2 is 0.450 bits per heavy atom. The third-order valence-electron chi connectivity index (χ3n) is 16.4. The van der Waals surface area contributed by atoms with Crippen LogP contribution in [0.5, 0.6) is 0 Å². The third-order valence-corrected chi connectivity index (χ3v) is 16.4. The van der Waals surface area contributed by atoms with E-state index in [1.165, 1.54) is 295 Å². The Hall–Kier alpha value is -2.37. The summed E-state index contributed by atoms with van der Waals surface area (Å²) in [5.41, 5.74) is 0. The van der Waals surface area contributed by atoms with Crippen LogP contribution < -0.4 is 0 Å². The first kappa shape index (κ1) is 77.6. The molecule has 470 valence electrons. The lowest BCUT2D eigenvalue weighted by atomic mass is 10.0. The van der Waals surface area contributed by atoms with Crippen molar-refractivity contribution in [2.24, 2.45) is 0 Å². The molecule has 0 aliphatic heterocycles. The maximum absolute atomic E-state index is 12.9. The number of carbonyl (C=O) groups excluding carboxylic acids is 3. The van der Waals surface area contributed by atoms with Gasteiger partial charge in [-0.15, -0.1) is 0 Å². The van der Waals surface area contributed by atoms with Crippen molar-refractivity contribution in [2.45, 2.75) is 406 Å². The van der Waals surface area contributed by atoms with Gasteiger partial charge in [-0.1, -0.05) is 340 Å². The molecule has 0 N–H and O–H groups in total. The fourth-order valence-electron chi connectivity index (χ4n) is 10.9. The van der Waals surface area contributed by atoms with Crippen molar-refractivity contribution in [3.63, 3.8) is 0 Å². The summed E-state index contributed by atoms with van der Waals surface area (Å²) in [5, 5.41) is 0. The summed E-state index contributed by atoms with van der Waals surface area (Å²) in [6, 6.07) is 0. The van der Waals surface area contributed by atoms with Gasteiger partial charge in [0.15, 0.2) is 6.10 Å². The zero-order chi connectivity index (χ0) is 57.8. The molecule has 0 aliphatic rings. The zero-order valence-corrected chi connectivity index (χ0v) is 54.1. The predicted octanol–water partition coefficient (Wildman–Crippen LogP) is 24.7. The quantitative estimate of drug-likeness (QED) is 0.0261. The van der Waals surface area contributed by atoms with Crippen molar-refractivity contribution in [2.75, 3.05) is 13.2 Å². The Morgan fingerprint density at radius 1 is 0.250 bits per heavy atom. The summed E-state index contributed by atoms with van der Waals surface area (Å²) >= 11 is 0. The number of hydrogen-bond donors (Lipinski definition) is 0. The second kappa shape index (κ2) is 69.1. The fourth-order valence-corrected chi connectivity index (χ4v) is 10.9. The van der Waals surface area contributed by atoms with Crippen LogP contribution in [0.25, 0.3) is 0 Å². The highest BCUT2D eigenvalue weighted by molar-refractivity contribution is 5.71. The van der Waals surface area contributed by atoms with Crippen LogP contribution in [-0.2, 0) is 28.6 Å². The molecule has 0 spiro atoms. The Labute approximate surface area is 499 Å². The van der Waals surface area contributed by atoms with Crippen LogP contribution in [0.1, 0.15) is 400 Å². The van der Waals surface area contributed by atoms with Gasteiger partial charge in [0.1, 0.15) is 13.2 Å². The van der Waals surface area contributed by atoms with Gasteiger partial charge < -0.3 is 14.2 Å². The van der Waals surface area contributed by atoms with E-state index < -0.39 is 6.10 Å². The average molecular weight is 1120 g/mol. The molecular formula is C74H138O6. The van der Waals surface area contributed by atoms with E-state index >= 15 is 0 Å². The monoisotopic (exact) mass is 1120 g/mol. The Kier molecular flexibility index (Phi) is 67.1. The molecule has 0 fully saturated rings. The first-order valence-corrected chi connectivity index (χ1v) is 36.0. The number of rotatable bonds is 67. The average Bonchev–Trinajstić information content (AvgIpc) is 3.46. The summed E-state index contributed by atoms with van der Waals surface area (Å²) in [6.45, 7) is 6.67. The molecule has 6 nitrogen and oxygen atoms in total. The van der Waals surface area contributed by atoms with E-state index in [2.05, 4.69) is 57.2 Å². The van der Waals surface area contributed by atoms with E-state index in [9.17, 15) is 14.4 Å². The van der Waals surface area contributed by atoms with Gasteiger partial charge in [-0.25, -0.2) is 0 Å². The van der Waals surface area contributed by atoms with Crippen molar-refractivity contribution < 1.29 is 28.6 Å². The largest absolute Gasteiger partial charge is 0.462 e. The highest BCUT2D eigenvalue weighted by Gasteiger charge is 2.19. The molecule has 0 rings (SSSR count). The topological polar surface area (TPSA) is 78.9 Å². The molecule has 0 aliphatic carbocycles. The molecule has 0 aromatic rings. The van der Waals surface area contributed by atoms with Gasteiger partial charge in [0.2, 0.25) is 0 Å². The minimum absolute atomic E-state index is 0.0669. The van der Waals surface area contributed by atoms with Crippen molar-refractivity contribution in [3.05, 3.63) is 36.5 Å². The number of allylic oxidation sites excluding steroid dienone is 6. The molecule has 0 amide bonds. The molecular weight excluding hydrogens is 985 g/mol. The lowest BCUT2D eigenvalue weighted by molar-refractivity contribution is -0.167. The van der Waals surface area contributed by atoms with Crippen LogP contribution in [0.15, 0.2) is 36.5 Å². The normalized spacial score (nSPS) is 12.2. The van der Waals surface area contributed by atoms with E-state index in [0.29, 0.717) is 19.3 Å². The number of ether oxygens (including phenoxy) is 3. The highest BCUT2D eigenvalue weighted by atomic mass is 16.6. The van der Waals surface area contributed by atoms with Gasteiger partial charge >= 0.3 is 17.9 Å². The Morgan fingerprint density at radius 3 is 0.700 bits per heavy atom. The molecule has 1 unspecified atom stereocenters. The molecule has 6 heteroatoms. The van der Waals surface area contributed by atoms with Gasteiger partial charge in [0, 0.05) is 19.3 Å². The minimum Gasteiger partial charge on any atom is -0.462 e. The van der Waals surface area contributed by atoms with Crippen LogP contribution in [0.4, 0.5) is 0 Å². The maximum Gasteiger partial charge on any atom is 0.306 e. The molecule has 80 heavy (non-hydrogen) atoms. The summed E-state index contributed by atoms with van der Waals surface area (Å²) in [5.74, 6) is -0.845. The molecule has 0 aromatic heterocycles. The summed E-state index contributed by atoms with van der Waals surface area (Å²) in [6.07, 6.45) is 86.3. The van der Waals surface area contributed by atoms with Crippen LogP contribution in [0, 0.1) is 0 Å². The van der Waals surface area contributed by atoms with E-state index in [1.54, 1.807) is 0 Å². The summed E-state index contributed by atoms with van der Waals surface area (Å²) < 4.78 is 16.9. The fraction of sp³-hybridized carbons (Fsp3) is 0.878. The second-order valence-electron chi connectivity index (χ2n) is 24.5. The first-order valence-electron chi connectivity index (χ1n) is 36.0. The number of carbonyl (C=O) groups is 3. The van der Waals surface area contributed by atoms with Crippen molar-refractivity contribution in [1.82, 2.24) is 0 Å². The minimum atomic E-state index is -0.769. The molecule has 1 atom stereocenters. The Bertz CT molecular complexity index is 1340. The van der Waals surface area contributed by atoms with Crippen LogP contribution in [-0.4, -0.2) is 37.2 Å². The van der Waals surface area contributed by atoms with Gasteiger partial charge in [0.05, 0.1) is 0 Å². The summed E-state index contributed by atoms with van der Waals surface area (Å²) in [7, 11) is 0. The van der Waals surface area contributed by atoms with Crippen LogP contribution >= 0.6 is 0 Å². The zero-order valence-electron chi connectivity index (χ0n) is 54.1. The Balaban J connectivity index is 4.05. The molecule has 0 aromatic carbocycles. The van der Waals surface area contributed by atoms with Gasteiger partial charge in [0.25, 0.3) is 0 Å². The molecule has 0 saturated carbocycles.